The molecule has 1 unspecified atom stereocenters. The maximum atomic E-state index is 12.2. The highest BCUT2D eigenvalue weighted by molar-refractivity contribution is 7.99. The zero-order valence-electron chi connectivity index (χ0n) is 12.5. The molecule has 0 saturated carbocycles. The molecule has 0 spiro atoms. The zero-order valence-corrected chi connectivity index (χ0v) is 13.3. The normalized spacial score (nSPS) is 11.8. The molecule has 0 aliphatic carbocycles. The van der Waals surface area contributed by atoms with Crippen molar-refractivity contribution in [2.75, 3.05) is 24.7 Å². The standard InChI is InChI=1S/C14H21N3O3S/c1-4-8-15-12-7-5-6-11(13(12)17(19)20)14(18)16-9-10(2)21-3/h5-7,10,15H,4,8-9H2,1-3H3,(H,16,18). The minimum absolute atomic E-state index is 0.0920. The van der Waals surface area contributed by atoms with E-state index in [9.17, 15) is 14.9 Å². The second-order valence-corrected chi connectivity index (χ2v) is 5.92. The van der Waals surface area contributed by atoms with Gasteiger partial charge in [0, 0.05) is 18.3 Å². The van der Waals surface area contributed by atoms with Crippen LogP contribution < -0.4 is 10.6 Å². The Morgan fingerprint density at radius 2 is 2.19 bits per heavy atom. The molecule has 116 valence electrons. The minimum atomic E-state index is -0.509. The third-order valence-corrected chi connectivity index (χ3v) is 3.95. The Bertz CT molecular complexity index is 508. The number of hydrogen-bond donors (Lipinski definition) is 2. The lowest BCUT2D eigenvalue weighted by molar-refractivity contribution is -0.384. The number of carbonyl (C=O) groups is 1. The van der Waals surface area contributed by atoms with Gasteiger partial charge in [-0.05, 0) is 24.8 Å². The molecule has 0 bridgehead atoms. The van der Waals surface area contributed by atoms with Crippen LogP contribution in [-0.4, -0.2) is 35.4 Å². The highest BCUT2D eigenvalue weighted by Crippen LogP contribution is 2.28. The number of benzene rings is 1. The van der Waals surface area contributed by atoms with Crippen LogP contribution in [0.1, 0.15) is 30.6 Å². The molecule has 1 aromatic rings. The number of nitrogens with one attached hydrogen (secondary N) is 2. The predicted molar refractivity (Wildman–Crippen MR) is 87.2 cm³/mol. The van der Waals surface area contributed by atoms with Crippen molar-refractivity contribution in [1.29, 1.82) is 0 Å². The molecule has 0 aliphatic heterocycles. The van der Waals surface area contributed by atoms with Gasteiger partial charge in [-0.15, -0.1) is 0 Å². The molecule has 1 amide bonds. The van der Waals surface area contributed by atoms with Crippen LogP contribution >= 0.6 is 11.8 Å². The average molecular weight is 311 g/mol. The van der Waals surface area contributed by atoms with Crippen molar-refractivity contribution in [2.24, 2.45) is 0 Å². The Labute approximate surface area is 128 Å². The van der Waals surface area contributed by atoms with Crippen molar-refractivity contribution < 1.29 is 9.72 Å². The number of amides is 1. The van der Waals surface area contributed by atoms with Crippen LogP contribution in [0.2, 0.25) is 0 Å². The van der Waals surface area contributed by atoms with E-state index in [2.05, 4.69) is 10.6 Å². The van der Waals surface area contributed by atoms with Crippen LogP contribution in [0.15, 0.2) is 18.2 Å². The molecule has 1 aromatic carbocycles. The zero-order chi connectivity index (χ0) is 15.8. The molecule has 0 aliphatic rings. The van der Waals surface area contributed by atoms with Crippen LogP contribution in [-0.2, 0) is 0 Å². The van der Waals surface area contributed by atoms with Crippen LogP contribution in [0, 0.1) is 10.1 Å². The van der Waals surface area contributed by atoms with E-state index in [-0.39, 0.29) is 16.5 Å². The van der Waals surface area contributed by atoms with Gasteiger partial charge in [-0.2, -0.15) is 11.8 Å². The van der Waals surface area contributed by atoms with Gasteiger partial charge in [-0.3, -0.25) is 14.9 Å². The van der Waals surface area contributed by atoms with Crippen molar-refractivity contribution in [3.63, 3.8) is 0 Å². The number of thioether (sulfide) groups is 1. The fraction of sp³-hybridized carbons (Fsp3) is 0.500. The number of rotatable bonds is 8. The quantitative estimate of drug-likeness (QED) is 0.569. The molecular weight excluding hydrogens is 290 g/mol. The van der Waals surface area contributed by atoms with E-state index in [1.807, 2.05) is 20.1 Å². The largest absolute Gasteiger partial charge is 0.379 e. The van der Waals surface area contributed by atoms with Gasteiger partial charge in [0.15, 0.2) is 0 Å². The van der Waals surface area contributed by atoms with E-state index in [0.29, 0.717) is 18.8 Å². The Morgan fingerprint density at radius 1 is 1.48 bits per heavy atom. The summed E-state index contributed by atoms with van der Waals surface area (Å²) in [6.07, 6.45) is 2.80. The number of nitro benzene ring substituents is 1. The first kappa shape index (κ1) is 17.3. The van der Waals surface area contributed by atoms with Crippen molar-refractivity contribution in [3.05, 3.63) is 33.9 Å². The van der Waals surface area contributed by atoms with Gasteiger partial charge >= 0.3 is 5.69 Å². The Morgan fingerprint density at radius 3 is 2.76 bits per heavy atom. The van der Waals surface area contributed by atoms with Crippen LogP contribution in [0.4, 0.5) is 11.4 Å². The molecule has 0 fully saturated rings. The van der Waals surface area contributed by atoms with Gasteiger partial charge in [0.1, 0.15) is 11.3 Å². The summed E-state index contributed by atoms with van der Waals surface area (Å²) in [5.74, 6) is -0.414. The highest BCUT2D eigenvalue weighted by Gasteiger charge is 2.24. The number of para-hydroxylation sites is 1. The molecule has 6 nitrogen and oxygen atoms in total. The van der Waals surface area contributed by atoms with Gasteiger partial charge < -0.3 is 10.6 Å². The molecule has 1 rings (SSSR count). The Balaban J connectivity index is 2.99. The SMILES string of the molecule is CCCNc1cccc(C(=O)NCC(C)SC)c1[N+](=O)[O-]. The van der Waals surface area contributed by atoms with E-state index >= 15 is 0 Å². The maximum Gasteiger partial charge on any atom is 0.305 e. The molecule has 0 heterocycles. The third-order valence-electron chi connectivity index (χ3n) is 2.98. The molecule has 7 heteroatoms. The Hall–Kier alpha value is -1.76. The van der Waals surface area contributed by atoms with Gasteiger partial charge in [0.05, 0.1) is 4.92 Å². The van der Waals surface area contributed by atoms with Crippen LogP contribution in [0.5, 0.6) is 0 Å². The summed E-state index contributed by atoms with van der Waals surface area (Å²) >= 11 is 1.63. The van der Waals surface area contributed by atoms with Gasteiger partial charge in [-0.1, -0.05) is 19.9 Å². The van der Waals surface area contributed by atoms with E-state index in [1.165, 1.54) is 6.07 Å². The lowest BCUT2D eigenvalue weighted by Gasteiger charge is -2.12. The Kier molecular flexibility index (Phi) is 7.01. The topological polar surface area (TPSA) is 84.3 Å². The maximum absolute atomic E-state index is 12.2. The molecule has 2 N–H and O–H groups in total. The van der Waals surface area contributed by atoms with Crippen LogP contribution in [0.25, 0.3) is 0 Å². The first-order chi connectivity index (χ1) is 10.0. The molecule has 0 saturated heterocycles. The molecular formula is C14H21N3O3S. The number of nitro groups is 1. The summed E-state index contributed by atoms with van der Waals surface area (Å²) in [6.45, 7) is 5.05. The number of carbonyl (C=O) groups excluding carboxylic acids is 1. The minimum Gasteiger partial charge on any atom is -0.379 e. The lowest BCUT2D eigenvalue weighted by Crippen LogP contribution is -2.30. The lowest BCUT2D eigenvalue weighted by atomic mass is 10.1. The second kappa shape index (κ2) is 8.51. The first-order valence-corrected chi connectivity index (χ1v) is 8.12. The molecule has 0 aromatic heterocycles. The van der Waals surface area contributed by atoms with E-state index in [4.69, 9.17) is 0 Å². The first-order valence-electron chi connectivity index (χ1n) is 6.83. The molecule has 21 heavy (non-hydrogen) atoms. The van der Waals surface area contributed by atoms with Crippen molar-refractivity contribution in [3.8, 4) is 0 Å². The van der Waals surface area contributed by atoms with Crippen LogP contribution in [0.3, 0.4) is 0 Å². The van der Waals surface area contributed by atoms with Gasteiger partial charge in [0.25, 0.3) is 5.91 Å². The summed E-state index contributed by atoms with van der Waals surface area (Å²) in [5.41, 5.74) is 0.307. The molecule has 1 atom stereocenters. The van der Waals surface area contributed by atoms with Crippen molar-refractivity contribution in [1.82, 2.24) is 5.32 Å². The number of hydrogen-bond acceptors (Lipinski definition) is 5. The summed E-state index contributed by atoms with van der Waals surface area (Å²) in [6, 6.07) is 4.75. The average Bonchev–Trinajstić information content (AvgIpc) is 2.49. The predicted octanol–water partition coefficient (Wildman–Crippen LogP) is 2.90. The van der Waals surface area contributed by atoms with Gasteiger partial charge in [-0.25, -0.2) is 0 Å². The van der Waals surface area contributed by atoms with Gasteiger partial charge in [0.2, 0.25) is 0 Å². The third kappa shape index (κ3) is 4.93. The monoisotopic (exact) mass is 311 g/mol. The van der Waals surface area contributed by atoms with E-state index in [0.717, 1.165) is 6.42 Å². The van der Waals surface area contributed by atoms with Crippen molar-refractivity contribution in [2.45, 2.75) is 25.5 Å². The summed E-state index contributed by atoms with van der Waals surface area (Å²) in [5, 5.41) is 17.3. The summed E-state index contributed by atoms with van der Waals surface area (Å²) < 4.78 is 0. The number of anilines is 1. The van der Waals surface area contributed by atoms with Crippen molar-refractivity contribution >= 4 is 29.0 Å². The molecule has 0 radical (unpaired) electrons. The van der Waals surface area contributed by atoms with E-state index in [1.54, 1.807) is 23.9 Å². The smallest absolute Gasteiger partial charge is 0.305 e. The van der Waals surface area contributed by atoms with E-state index < -0.39 is 10.8 Å². The number of nitrogens with zero attached hydrogens (tertiary/aromatic N) is 1. The fourth-order valence-electron chi connectivity index (χ4n) is 1.74. The fourth-order valence-corrected chi connectivity index (χ4v) is 1.99. The second-order valence-electron chi connectivity index (χ2n) is 4.64. The summed E-state index contributed by atoms with van der Waals surface area (Å²) in [4.78, 5) is 22.9. The summed E-state index contributed by atoms with van der Waals surface area (Å²) in [7, 11) is 0. The highest BCUT2D eigenvalue weighted by atomic mass is 32.2.